The summed E-state index contributed by atoms with van der Waals surface area (Å²) in [6.07, 6.45) is 8.18. The molecule has 1 aliphatic heterocycles. The molecule has 1 heterocycles. The first kappa shape index (κ1) is 14.0. The number of rotatable bonds is 3. The normalized spacial score (nSPS) is 47.8. The monoisotopic (exact) mass is 292 g/mol. The number of hydrogen-bond donors (Lipinski definition) is 2. The van der Waals surface area contributed by atoms with Crippen molar-refractivity contribution in [3.05, 3.63) is 0 Å². The number of aliphatic hydroxyl groups is 1. The van der Waals surface area contributed by atoms with Crippen LogP contribution < -0.4 is 5.32 Å². The highest BCUT2D eigenvalue weighted by atomic mass is 16.3. The molecule has 0 aromatic carbocycles. The number of nitrogens with one attached hydrogen (secondary N) is 1. The summed E-state index contributed by atoms with van der Waals surface area (Å²) in [6.45, 7) is 1.96. The van der Waals surface area contributed by atoms with E-state index in [4.69, 9.17) is 0 Å². The zero-order chi connectivity index (χ0) is 14.7. The quantitative estimate of drug-likeness (QED) is 0.826. The van der Waals surface area contributed by atoms with Crippen molar-refractivity contribution in [2.24, 2.45) is 23.2 Å². The summed E-state index contributed by atoms with van der Waals surface area (Å²) in [4.78, 5) is 15.0. The molecule has 5 fully saturated rings. The number of β-amino-alcohol motifs (C(OH)–C–C–N with tert-alkyl or cyclic N) is 1. The van der Waals surface area contributed by atoms with Crippen LogP contribution in [0, 0.1) is 23.2 Å². The molecule has 1 atom stereocenters. The SMILES string of the molecule is CN(CC1(O)CCNC1)C(=O)C12CC3CC(CC(C3)C1)C2. The van der Waals surface area contributed by atoms with Gasteiger partial charge in [0, 0.05) is 13.6 Å². The Hall–Kier alpha value is -0.610. The van der Waals surface area contributed by atoms with Crippen molar-refractivity contribution in [1.82, 2.24) is 10.2 Å². The van der Waals surface area contributed by atoms with E-state index in [-0.39, 0.29) is 5.41 Å². The Morgan fingerprint density at radius 2 is 1.76 bits per heavy atom. The molecule has 0 aromatic rings. The number of hydrogen-bond acceptors (Lipinski definition) is 3. The molecule has 1 unspecified atom stereocenters. The minimum atomic E-state index is -0.716. The maximum absolute atomic E-state index is 13.1. The lowest BCUT2D eigenvalue weighted by Gasteiger charge is -2.56. The van der Waals surface area contributed by atoms with Crippen LogP contribution in [0.4, 0.5) is 0 Å². The minimum absolute atomic E-state index is 0.0775. The Kier molecular flexibility index (Phi) is 3.13. The van der Waals surface area contributed by atoms with Gasteiger partial charge < -0.3 is 15.3 Å². The van der Waals surface area contributed by atoms with Crippen molar-refractivity contribution in [2.75, 3.05) is 26.7 Å². The lowest BCUT2D eigenvalue weighted by atomic mass is 9.49. The summed E-state index contributed by atoms with van der Waals surface area (Å²) >= 11 is 0. The molecule has 5 rings (SSSR count). The average molecular weight is 292 g/mol. The third kappa shape index (κ3) is 2.31. The Morgan fingerprint density at radius 1 is 1.19 bits per heavy atom. The third-order valence-corrected chi connectivity index (χ3v) is 6.59. The molecule has 4 aliphatic carbocycles. The second-order valence-electron chi connectivity index (χ2n) is 8.51. The van der Waals surface area contributed by atoms with Gasteiger partial charge in [-0.2, -0.15) is 0 Å². The van der Waals surface area contributed by atoms with E-state index in [2.05, 4.69) is 5.32 Å². The van der Waals surface area contributed by atoms with Crippen LogP contribution in [-0.4, -0.2) is 48.2 Å². The van der Waals surface area contributed by atoms with E-state index in [0.29, 0.717) is 19.0 Å². The predicted molar refractivity (Wildman–Crippen MR) is 80.7 cm³/mol. The van der Waals surface area contributed by atoms with Gasteiger partial charge in [-0.15, -0.1) is 0 Å². The van der Waals surface area contributed by atoms with Crippen molar-refractivity contribution in [3.8, 4) is 0 Å². The number of carbonyl (C=O) groups excluding carboxylic acids is 1. The first-order chi connectivity index (χ1) is 9.98. The van der Waals surface area contributed by atoms with Gasteiger partial charge >= 0.3 is 0 Å². The highest BCUT2D eigenvalue weighted by Crippen LogP contribution is 2.60. The molecular formula is C17H28N2O2. The molecule has 2 N–H and O–H groups in total. The molecule has 1 amide bonds. The van der Waals surface area contributed by atoms with E-state index in [0.717, 1.165) is 50.0 Å². The lowest BCUT2D eigenvalue weighted by Crippen LogP contribution is -2.56. The van der Waals surface area contributed by atoms with Gasteiger partial charge in [-0.05, 0) is 69.2 Å². The molecule has 4 heteroatoms. The topological polar surface area (TPSA) is 52.6 Å². The number of likely N-dealkylation sites (N-methyl/N-ethyl adjacent to an activating group) is 1. The van der Waals surface area contributed by atoms with E-state index in [1.54, 1.807) is 0 Å². The van der Waals surface area contributed by atoms with Crippen molar-refractivity contribution in [3.63, 3.8) is 0 Å². The van der Waals surface area contributed by atoms with Crippen LogP contribution >= 0.6 is 0 Å². The van der Waals surface area contributed by atoms with Crippen molar-refractivity contribution in [1.29, 1.82) is 0 Å². The lowest BCUT2D eigenvalue weighted by molar-refractivity contribution is -0.159. The van der Waals surface area contributed by atoms with E-state index in [1.807, 2.05) is 11.9 Å². The van der Waals surface area contributed by atoms with Gasteiger partial charge in [-0.1, -0.05) is 0 Å². The fourth-order valence-electron chi connectivity index (χ4n) is 6.16. The highest BCUT2D eigenvalue weighted by molar-refractivity contribution is 5.83. The van der Waals surface area contributed by atoms with Gasteiger partial charge in [-0.25, -0.2) is 0 Å². The molecule has 1 saturated heterocycles. The van der Waals surface area contributed by atoms with Crippen molar-refractivity contribution < 1.29 is 9.90 Å². The molecule has 0 radical (unpaired) electrons. The Morgan fingerprint density at radius 3 is 2.24 bits per heavy atom. The second kappa shape index (κ2) is 4.69. The Bertz CT molecular complexity index is 407. The molecule has 4 bridgehead atoms. The number of nitrogens with zero attached hydrogens (tertiary/aromatic N) is 1. The zero-order valence-electron chi connectivity index (χ0n) is 13.1. The first-order valence-electron chi connectivity index (χ1n) is 8.67. The van der Waals surface area contributed by atoms with Gasteiger partial charge in [0.1, 0.15) is 0 Å². The molecular weight excluding hydrogens is 264 g/mol. The van der Waals surface area contributed by atoms with Crippen LogP contribution in [0.1, 0.15) is 44.9 Å². The molecule has 118 valence electrons. The van der Waals surface area contributed by atoms with E-state index < -0.39 is 5.60 Å². The van der Waals surface area contributed by atoms with Crippen LogP contribution in [0.3, 0.4) is 0 Å². The van der Waals surface area contributed by atoms with E-state index in [1.165, 1.54) is 19.3 Å². The maximum Gasteiger partial charge on any atom is 0.228 e. The molecule has 4 nitrogen and oxygen atoms in total. The van der Waals surface area contributed by atoms with Gasteiger partial charge in [-0.3, -0.25) is 4.79 Å². The molecule has 21 heavy (non-hydrogen) atoms. The summed E-state index contributed by atoms with van der Waals surface area (Å²) in [5.41, 5.74) is -0.793. The van der Waals surface area contributed by atoms with Gasteiger partial charge in [0.2, 0.25) is 5.91 Å². The number of carbonyl (C=O) groups is 1. The highest BCUT2D eigenvalue weighted by Gasteiger charge is 2.55. The summed E-state index contributed by atoms with van der Waals surface area (Å²) in [7, 11) is 1.90. The molecule has 4 saturated carbocycles. The standard InChI is InChI=1S/C17H28N2O2/c1-19(11-17(21)2-3-18-10-17)15(20)16-7-12-4-13(8-16)6-14(5-12)9-16/h12-14,18,21H,2-11H2,1H3. The molecule has 0 aromatic heterocycles. The molecule has 0 spiro atoms. The Balaban J connectivity index is 1.49. The van der Waals surface area contributed by atoms with Crippen molar-refractivity contribution >= 4 is 5.91 Å². The summed E-state index contributed by atoms with van der Waals surface area (Å²) in [5.74, 6) is 2.71. The van der Waals surface area contributed by atoms with Gasteiger partial charge in [0.15, 0.2) is 0 Å². The maximum atomic E-state index is 13.1. The largest absolute Gasteiger partial charge is 0.387 e. The summed E-state index contributed by atoms with van der Waals surface area (Å²) in [6, 6.07) is 0. The van der Waals surface area contributed by atoms with Crippen molar-refractivity contribution in [2.45, 2.75) is 50.5 Å². The van der Waals surface area contributed by atoms with Crippen LogP contribution in [0.2, 0.25) is 0 Å². The first-order valence-corrected chi connectivity index (χ1v) is 8.67. The van der Waals surface area contributed by atoms with Gasteiger partial charge in [0.05, 0.1) is 17.6 Å². The zero-order valence-corrected chi connectivity index (χ0v) is 13.1. The second-order valence-corrected chi connectivity index (χ2v) is 8.51. The van der Waals surface area contributed by atoms with Crippen LogP contribution in [0.25, 0.3) is 0 Å². The van der Waals surface area contributed by atoms with Gasteiger partial charge in [0.25, 0.3) is 0 Å². The third-order valence-electron chi connectivity index (χ3n) is 6.59. The predicted octanol–water partition coefficient (Wildman–Crippen LogP) is 1.39. The minimum Gasteiger partial charge on any atom is -0.387 e. The average Bonchev–Trinajstić information content (AvgIpc) is 2.82. The van der Waals surface area contributed by atoms with E-state index in [9.17, 15) is 9.90 Å². The fourth-order valence-corrected chi connectivity index (χ4v) is 6.16. The van der Waals surface area contributed by atoms with E-state index >= 15 is 0 Å². The van der Waals surface area contributed by atoms with Crippen LogP contribution in [-0.2, 0) is 4.79 Å². The smallest absolute Gasteiger partial charge is 0.228 e. The number of amides is 1. The molecule has 5 aliphatic rings. The van der Waals surface area contributed by atoms with Crippen LogP contribution in [0.5, 0.6) is 0 Å². The fraction of sp³-hybridized carbons (Fsp3) is 0.941. The Labute approximate surface area is 127 Å². The summed E-state index contributed by atoms with van der Waals surface area (Å²) < 4.78 is 0. The van der Waals surface area contributed by atoms with Crippen LogP contribution in [0.15, 0.2) is 0 Å². The summed E-state index contributed by atoms with van der Waals surface area (Å²) in [5, 5.41) is 13.7.